The van der Waals surface area contributed by atoms with Gasteiger partial charge in [0.25, 0.3) is 0 Å². The Hall–Kier alpha value is -2.48. The highest BCUT2D eigenvalue weighted by molar-refractivity contribution is 5.65. The van der Waals surface area contributed by atoms with E-state index >= 15 is 0 Å². The molecule has 0 fully saturated rings. The normalized spacial score (nSPS) is 12.1. The maximum absolute atomic E-state index is 14.6. The molecule has 0 saturated carbocycles. The second-order valence-electron chi connectivity index (χ2n) is 7.17. The lowest BCUT2D eigenvalue weighted by Crippen LogP contribution is -1.96. The Morgan fingerprint density at radius 3 is 2.00 bits per heavy atom. The van der Waals surface area contributed by atoms with Gasteiger partial charge in [0.2, 0.25) is 0 Å². The second-order valence-corrected chi connectivity index (χ2v) is 7.17. The Morgan fingerprint density at radius 2 is 1.41 bits per heavy atom. The largest absolute Gasteiger partial charge is 0.207 e. The van der Waals surface area contributed by atoms with Crippen molar-refractivity contribution in [2.24, 2.45) is 0 Å². The van der Waals surface area contributed by atoms with Crippen molar-refractivity contribution in [3.63, 3.8) is 0 Å². The zero-order chi connectivity index (χ0) is 19.2. The highest BCUT2D eigenvalue weighted by Gasteiger charge is 2.11. The third kappa shape index (κ3) is 4.82. The van der Waals surface area contributed by atoms with Crippen LogP contribution in [0.4, 0.5) is 8.78 Å². The van der Waals surface area contributed by atoms with Gasteiger partial charge in [-0.25, -0.2) is 8.78 Å². The molecule has 2 heteroatoms. The van der Waals surface area contributed by atoms with Crippen molar-refractivity contribution in [3.05, 3.63) is 95.1 Å². The summed E-state index contributed by atoms with van der Waals surface area (Å²) in [4.78, 5) is 0. The van der Waals surface area contributed by atoms with Crippen LogP contribution < -0.4 is 0 Å². The van der Waals surface area contributed by atoms with Crippen LogP contribution in [-0.2, 0) is 6.42 Å². The molecule has 0 N–H and O–H groups in total. The monoisotopic (exact) mass is 364 g/mol. The van der Waals surface area contributed by atoms with Crippen LogP contribution in [0.5, 0.6) is 0 Å². The molecule has 0 amide bonds. The van der Waals surface area contributed by atoms with Crippen LogP contribution >= 0.6 is 0 Å². The van der Waals surface area contributed by atoms with Crippen molar-refractivity contribution >= 4 is 0 Å². The van der Waals surface area contributed by atoms with Gasteiger partial charge in [0.15, 0.2) is 0 Å². The Balaban J connectivity index is 1.75. The highest BCUT2D eigenvalue weighted by Crippen LogP contribution is 2.29. The summed E-state index contributed by atoms with van der Waals surface area (Å²) in [5.74, 6) is -0.233. The summed E-state index contributed by atoms with van der Waals surface area (Å²) in [7, 11) is 0. The molecule has 0 aliphatic rings. The Bertz CT molecular complexity index is 864. The number of rotatable bonds is 7. The van der Waals surface area contributed by atoms with Crippen LogP contribution in [0.1, 0.15) is 55.7 Å². The molecule has 0 saturated heterocycles. The molecule has 1 atom stereocenters. The molecule has 0 heterocycles. The van der Waals surface area contributed by atoms with Gasteiger partial charge in [-0.2, -0.15) is 0 Å². The molecule has 0 bridgehead atoms. The maximum atomic E-state index is 14.6. The van der Waals surface area contributed by atoms with E-state index in [4.69, 9.17) is 0 Å². The number of halogens is 2. The van der Waals surface area contributed by atoms with Crippen LogP contribution in [0.3, 0.4) is 0 Å². The van der Waals surface area contributed by atoms with Gasteiger partial charge in [0.05, 0.1) is 0 Å². The zero-order valence-electron chi connectivity index (χ0n) is 16.0. The smallest absolute Gasteiger partial charge is 0.131 e. The first kappa shape index (κ1) is 19.3. The minimum absolute atomic E-state index is 0.158. The number of aryl methyl sites for hydroxylation is 1. The van der Waals surface area contributed by atoms with Gasteiger partial charge in [0, 0.05) is 11.5 Å². The van der Waals surface area contributed by atoms with Crippen molar-refractivity contribution < 1.29 is 8.78 Å². The van der Waals surface area contributed by atoms with Gasteiger partial charge in [-0.1, -0.05) is 75.2 Å². The predicted octanol–water partition coefficient (Wildman–Crippen LogP) is 7.52. The van der Waals surface area contributed by atoms with Gasteiger partial charge in [-0.15, -0.1) is 0 Å². The predicted molar refractivity (Wildman–Crippen MR) is 109 cm³/mol. The zero-order valence-corrected chi connectivity index (χ0v) is 16.0. The molecule has 0 nitrogen and oxygen atoms in total. The van der Waals surface area contributed by atoms with E-state index in [0.717, 1.165) is 35.1 Å². The number of hydrogen-bond acceptors (Lipinski definition) is 0. The van der Waals surface area contributed by atoms with Gasteiger partial charge in [-0.3, -0.25) is 0 Å². The summed E-state index contributed by atoms with van der Waals surface area (Å²) in [5.41, 5.74) is 4.76. The standard InChI is InChI=1S/C25H26F2/c1-3-4-5-6-19-7-16-24(25(27)17-19)22-10-8-20(9-11-22)18(2)21-12-14-23(26)15-13-21/h7-18H,3-6H2,1-2H3. The molecular formula is C25H26F2. The van der Waals surface area contributed by atoms with Gasteiger partial charge < -0.3 is 0 Å². The molecule has 0 radical (unpaired) electrons. The first-order valence-corrected chi connectivity index (χ1v) is 9.72. The molecule has 0 spiro atoms. The number of hydrogen-bond donors (Lipinski definition) is 0. The van der Waals surface area contributed by atoms with E-state index in [-0.39, 0.29) is 17.6 Å². The Morgan fingerprint density at radius 1 is 0.778 bits per heavy atom. The van der Waals surface area contributed by atoms with E-state index in [1.807, 2.05) is 48.5 Å². The minimum atomic E-state index is -0.227. The molecule has 140 valence electrons. The van der Waals surface area contributed by atoms with Crippen LogP contribution in [0.2, 0.25) is 0 Å². The summed E-state index contributed by atoms with van der Waals surface area (Å²) in [6.45, 7) is 4.26. The summed E-state index contributed by atoms with van der Waals surface area (Å²) in [5, 5.41) is 0. The van der Waals surface area contributed by atoms with Crippen LogP contribution in [0.25, 0.3) is 11.1 Å². The first-order chi connectivity index (χ1) is 13.1. The quantitative estimate of drug-likeness (QED) is 0.380. The van der Waals surface area contributed by atoms with Crippen molar-refractivity contribution in [2.75, 3.05) is 0 Å². The number of benzene rings is 3. The van der Waals surface area contributed by atoms with E-state index < -0.39 is 0 Å². The summed E-state index contributed by atoms with van der Waals surface area (Å²) < 4.78 is 27.7. The average Bonchev–Trinajstić information content (AvgIpc) is 2.69. The molecule has 27 heavy (non-hydrogen) atoms. The fraction of sp³-hybridized carbons (Fsp3) is 0.280. The molecule has 3 aromatic rings. The van der Waals surface area contributed by atoms with E-state index in [0.29, 0.717) is 5.56 Å². The number of unbranched alkanes of at least 4 members (excludes halogenated alkanes) is 2. The molecule has 3 aromatic carbocycles. The highest BCUT2D eigenvalue weighted by atomic mass is 19.1. The van der Waals surface area contributed by atoms with Gasteiger partial charge >= 0.3 is 0 Å². The molecule has 0 aliphatic carbocycles. The Labute approximate surface area is 160 Å². The molecule has 1 unspecified atom stereocenters. The van der Waals surface area contributed by atoms with Gasteiger partial charge in [-0.05, 0) is 53.3 Å². The summed E-state index contributed by atoms with van der Waals surface area (Å²) in [6, 6.07) is 20.1. The maximum Gasteiger partial charge on any atom is 0.131 e. The van der Waals surface area contributed by atoms with E-state index in [1.54, 1.807) is 6.07 Å². The van der Waals surface area contributed by atoms with Crippen molar-refractivity contribution in [3.8, 4) is 11.1 Å². The van der Waals surface area contributed by atoms with Crippen LogP contribution in [0.15, 0.2) is 66.7 Å². The fourth-order valence-corrected chi connectivity index (χ4v) is 3.42. The first-order valence-electron chi connectivity index (χ1n) is 9.72. The third-order valence-corrected chi connectivity index (χ3v) is 5.19. The lowest BCUT2D eigenvalue weighted by atomic mass is 9.91. The molecule has 3 rings (SSSR count). The van der Waals surface area contributed by atoms with Crippen LogP contribution in [-0.4, -0.2) is 0 Å². The minimum Gasteiger partial charge on any atom is -0.207 e. The topological polar surface area (TPSA) is 0 Å². The summed E-state index contributed by atoms with van der Waals surface area (Å²) in [6.07, 6.45) is 4.38. The second kappa shape index (κ2) is 8.94. The fourth-order valence-electron chi connectivity index (χ4n) is 3.42. The lowest BCUT2D eigenvalue weighted by molar-refractivity contribution is 0.626. The van der Waals surface area contributed by atoms with E-state index in [2.05, 4.69) is 13.8 Å². The molecule has 0 aliphatic heterocycles. The van der Waals surface area contributed by atoms with E-state index in [9.17, 15) is 8.78 Å². The lowest BCUT2D eigenvalue weighted by Gasteiger charge is -2.14. The average molecular weight is 364 g/mol. The molecular weight excluding hydrogens is 338 g/mol. The Kier molecular flexibility index (Phi) is 6.39. The third-order valence-electron chi connectivity index (χ3n) is 5.19. The van der Waals surface area contributed by atoms with Crippen molar-refractivity contribution in [2.45, 2.75) is 45.4 Å². The van der Waals surface area contributed by atoms with Crippen LogP contribution in [0, 0.1) is 11.6 Å². The van der Waals surface area contributed by atoms with Crippen molar-refractivity contribution in [1.29, 1.82) is 0 Å². The summed E-state index contributed by atoms with van der Waals surface area (Å²) >= 11 is 0. The van der Waals surface area contributed by atoms with Crippen molar-refractivity contribution in [1.82, 2.24) is 0 Å². The SMILES string of the molecule is CCCCCc1ccc(-c2ccc(C(C)c3ccc(F)cc3)cc2)c(F)c1. The van der Waals surface area contributed by atoms with Gasteiger partial charge in [0.1, 0.15) is 11.6 Å². The molecule has 0 aromatic heterocycles. The van der Waals surface area contributed by atoms with E-state index in [1.165, 1.54) is 25.0 Å².